The molecule has 3 nitrogen and oxygen atoms in total. The normalized spacial score (nSPS) is 9.60. The first-order valence-electron chi connectivity index (χ1n) is 3.11. The van der Waals surface area contributed by atoms with E-state index in [4.69, 9.17) is 5.26 Å². The molecule has 0 saturated heterocycles. The van der Waals surface area contributed by atoms with Crippen LogP contribution in [0.5, 0.6) is 0 Å². The van der Waals surface area contributed by atoms with Gasteiger partial charge in [-0.2, -0.15) is 5.26 Å². The molecule has 3 heteroatoms. The van der Waals surface area contributed by atoms with Crippen molar-refractivity contribution >= 4 is 5.97 Å². The van der Waals surface area contributed by atoms with E-state index >= 15 is 0 Å². The van der Waals surface area contributed by atoms with Crippen LogP contribution in [0.25, 0.3) is 0 Å². The highest BCUT2D eigenvalue weighted by Gasteiger charge is 2.08. The minimum absolute atomic E-state index is 0.303. The Morgan fingerprint density at radius 1 is 1.70 bits per heavy atom. The van der Waals surface area contributed by atoms with Gasteiger partial charge in [-0.25, -0.2) is 4.79 Å². The van der Waals surface area contributed by atoms with Crippen LogP contribution < -0.4 is 0 Å². The average Bonchev–Trinajstić information content (AvgIpc) is 1.85. The van der Waals surface area contributed by atoms with Crippen molar-refractivity contribution in [2.45, 2.75) is 20.3 Å². The van der Waals surface area contributed by atoms with Crippen molar-refractivity contribution in [3.63, 3.8) is 0 Å². The van der Waals surface area contributed by atoms with Crippen molar-refractivity contribution < 1.29 is 14.9 Å². The maximum absolute atomic E-state index is 10.5. The van der Waals surface area contributed by atoms with E-state index in [1.165, 1.54) is 0 Å². The first-order valence-corrected chi connectivity index (χ1v) is 3.11. The van der Waals surface area contributed by atoms with Gasteiger partial charge < -0.3 is 0 Å². The molecule has 0 rings (SSSR count). The zero-order valence-corrected chi connectivity index (χ0v) is 6.26. The molecule has 0 spiro atoms. The Hall–Kier alpha value is -0.830. The molecule has 0 heterocycles. The second-order valence-electron chi connectivity index (χ2n) is 2.58. The standard InChI is InChI=1S/C7H12O3/c1-5(2)4-6(3)7(8)10-9/h5,9H,3-4H2,1-2H3. The number of hydrogen-bond acceptors (Lipinski definition) is 3. The van der Waals surface area contributed by atoms with E-state index in [1.54, 1.807) is 0 Å². The third-order valence-electron chi connectivity index (χ3n) is 1.03. The first kappa shape index (κ1) is 9.17. The molecule has 0 aliphatic rings. The minimum Gasteiger partial charge on any atom is -0.296 e. The summed E-state index contributed by atoms with van der Waals surface area (Å²) >= 11 is 0. The number of carbonyl (C=O) groups excluding carboxylic acids is 1. The van der Waals surface area contributed by atoms with Crippen LogP contribution in [0.4, 0.5) is 0 Å². The molecular formula is C7H12O3. The van der Waals surface area contributed by atoms with Crippen LogP contribution in [0.1, 0.15) is 20.3 Å². The first-order chi connectivity index (χ1) is 4.57. The molecule has 0 aromatic rings. The Bertz CT molecular complexity index is 138. The second-order valence-corrected chi connectivity index (χ2v) is 2.58. The van der Waals surface area contributed by atoms with Gasteiger partial charge in [0.1, 0.15) is 0 Å². The van der Waals surface area contributed by atoms with Crippen molar-refractivity contribution in [1.82, 2.24) is 0 Å². The highest BCUT2D eigenvalue weighted by atomic mass is 17.1. The molecule has 0 fully saturated rings. The zero-order valence-electron chi connectivity index (χ0n) is 6.26. The summed E-state index contributed by atoms with van der Waals surface area (Å²) in [6.07, 6.45) is 0.555. The summed E-state index contributed by atoms with van der Waals surface area (Å²) in [6, 6.07) is 0. The molecule has 0 amide bonds. The van der Waals surface area contributed by atoms with Crippen molar-refractivity contribution in [2.24, 2.45) is 5.92 Å². The van der Waals surface area contributed by atoms with E-state index in [0.717, 1.165) is 0 Å². The lowest BCUT2D eigenvalue weighted by molar-refractivity contribution is -0.229. The van der Waals surface area contributed by atoms with Gasteiger partial charge in [0.15, 0.2) is 0 Å². The van der Waals surface area contributed by atoms with E-state index in [1.807, 2.05) is 13.8 Å². The molecule has 58 valence electrons. The maximum Gasteiger partial charge on any atom is 0.368 e. The molecule has 0 saturated carbocycles. The lowest BCUT2D eigenvalue weighted by Crippen LogP contribution is -2.05. The summed E-state index contributed by atoms with van der Waals surface area (Å²) in [7, 11) is 0. The Morgan fingerprint density at radius 3 is 2.50 bits per heavy atom. The van der Waals surface area contributed by atoms with Gasteiger partial charge in [0.05, 0.1) is 0 Å². The van der Waals surface area contributed by atoms with Gasteiger partial charge in [0.2, 0.25) is 0 Å². The summed E-state index contributed by atoms with van der Waals surface area (Å²) < 4.78 is 0. The van der Waals surface area contributed by atoms with Crippen molar-refractivity contribution in [3.05, 3.63) is 12.2 Å². The maximum atomic E-state index is 10.5. The van der Waals surface area contributed by atoms with E-state index in [-0.39, 0.29) is 0 Å². The summed E-state index contributed by atoms with van der Waals surface area (Å²) in [6.45, 7) is 7.34. The zero-order chi connectivity index (χ0) is 8.15. The SMILES string of the molecule is C=C(CC(C)C)C(=O)OO. The minimum atomic E-state index is -0.742. The largest absolute Gasteiger partial charge is 0.368 e. The molecule has 0 bridgehead atoms. The summed E-state index contributed by atoms with van der Waals surface area (Å²) in [5.41, 5.74) is 0.303. The van der Waals surface area contributed by atoms with Crippen LogP contribution >= 0.6 is 0 Å². The lowest BCUT2D eigenvalue weighted by Gasteiger charge is -2.03. The molecule has 0 aromatic heterocycles. The van der Waals surface area contributed by atoms with Gasteiger partial charge in [0, 0.05) is 5.57 Å². The third-order valence-corrected chi connectivity index (χ3v) is 1.03. The Labute approximate surface area is 60.2 Å². The van der Waals surface area contributed by atoms with Crippen molar-refractivity contribution in [3.8, 4) is 0 Å². The molecule has 0 atom stereocenters. The third kappa shape index (κ3) is 3.25. The fourth-order valence-corrected chi connectivity index (χ4v) is 0.641. The average molecular weight is 144 g/mol. The quantitative estimate of drug-likeness (QED) is 0.372. The van der Waals surface area contributed by atoms with Gasteiger partial charge in [-0.3, -0.25) is 4.89 Å². The summed E-state index contributed by atoms with van der Waals surface area (Å²) in [4.78, 5) is 13.9. The number of carbonyl (C=O) groups is 1. The molecule has 0 aromatic carbocycles. The second kappa shape index (κ2) is 4.06. The Balaban J connectivity index is 3.74. The fourth-order valence-electron chi connectivity index (χ4n) is 0.641. The van der Waals surface area contributed by atoms with Gasteiger partial charge >= 0.3 is 5.97 Å². The summed E-state index contributed by atoms with van der Waals surface area (Å²) in [5, 5.41) is 7.91. The van der Waals surface area contributed by atoms with Crippen LogP contribution in [-0.2, 0) is 9.68 Å². The fraction of sp³-hybridized carbons (Fsp3) is 0.571. The van der Waals surface area contributed by atoms with Crippen molar-refractivity contribution in [1.29, 1.82) is 0 Å². The Morgan fingerprint density at radius 2 is 2.20 bits per heavy atom. The number of rotatable bonds is 3. The Kier molecular flexibility index (Phi) is 3.72. The van der Waals surface area contributed by atoms with Crippen LogP contribution in [0.2, 0.25) is 0 Å². The van der Waals surface area contributed by atoms with E-state index < -0.39 is 5.97 Å². The molecule has 0 radical (unpaired) electrons. The van der Waals surface area contributed by atoms with Crippen LogP contribution in [0, 0.1) is 5.92 Å². The van der Waals surface area contributed by atoms with Gasteiger partial charge in [-0.15, -0.1) is 0 Å². The van der Waals surface area contributed by atoms with E-state index in [9.17, 15) is 4.79 Å². The van der Waals surface area contributed by atoms with E-state index in [2.05, 4.69) is 11.5 Å². The molecule has 1 N–H and O–H groups in total. The monoisotopic (exact) mass is 144 g/mol. The smallest absolute Gasteiger partial charge is 0.296 e. The highest BCUT2D eigenvalue weighted by molar-refractivity contribution is 5.87. The van der Waals surface area contributed by atoms with Crippen molar-refractivity contribution in [2.75, 3.05) is 0 Å². The van der Waals surface area contributed by atoms with Crippen LogP contribution in [0.15, 0.2) is 12.2 Å². The molecule has 0 unspecified atom stereocenters. The molecule has 0 aliphatic carbocycles. The van der Waals surface area contributed by atoms with E-state index in [0.29, 0.717) is 17.9 Å². The molecular weight excluding hydrogens is 132 g/mol. The van der Waals surface area contributed by atoms with Gasteiger partial charge in [-0.05, 0) is 12.3 Å². The van der Waals surface area contributed by atoms with Gasteiger partial charge in [0.25, 0.3) is 0 Å². The van der Waals surface area contributed by atoms with Gasteiger partial charge in [-0.1, -0.05) is 20.4 Å². The molecule has 10 heavy (non-hydrogen) atoms. The van der Waals surface area contributed by atoms with Crippen LogP contribution in [-0.4, -0.2) is 11.2 Å². The lowest BCUT2D eigenvalue weighted by atomic mass is 10.1. The molecule has 0 aliphatic heterocycles. The highest BCUT2D eigenvalue weighted by Crippen LogP contribution is 2.08. The number of hydrogen-bond donors (Lipinski definition) is 1. The van der Waals surface area contributed by atoms with Crippen LogP contribution in [0.3, 0.4) is 0 Å². The predicted octanol–water partition coefficient (Wildman–Crippen LogP) is 1.60. The topological polar surface area (TPSA) is 46.5 Å². The predicted molar refractivity (Wildman–Crippen MR) is 37.3 cm³/mol. The summed E-state index contributed by atoms with van der Waals surface area (Å²) in [5.74, 6) is -0.389.